The van der Waals surface area contributed by atoms with Crippen LogP contribution in [0.15, 0.2) is 24.3 Å². The number of hydrogen-bond acceptors (Lipinski definition) is 4. The van der Waals surface area contributed by atoms with Gasteiger partial charge in [-0.3, -0.25) is 4.79 Å². The van der Waals surface area contributed by atoms with Gasteiger partial charge in [0.15, 0.2) is 0 Å². The molecule has 1 fully saturated rings. The van der Waals surface area contributed by atoms with Crippen LogP contribution < -0.4 is 15.4 Å². The van der Waals surface area contributed by atoms with Gasteiger partial charge in [-0.05, 0) is 17.7 Å². The van der Waals surface area contributed by atoms with E-state index < -0.39 is 12.7 Å². The number of amides is 1. The van der Waals surface area contributed by atoms with E-state index in [1.54, 1.807) is 12.1 Å². The van der Waals surface area contributed by atoms with Gasteiger partial charge >= 0.3 is 6.61 Å². The molecule has 1 atom stereocenters. The van der Waals surface area contributed by atoms with Gasteiger partial charge in [-0.25, -0.2) is 0 Å². The largest absolute Gasteiger partial charge is 0.435 e. The fraction of sp³-hybridized carbons (Fsp3) is 0.462. The first kappa shape index (κ1) is 14.7. The molecule has 1 aliphatic rings. The molecule has 20 heavy (non-hydrogen) atoms. The molecule has 1 saturated heterocycles. The monoisotopic (exact) mass is 286 g/mol. The minimum atomic E-state index is -2.86. The quantitative estimate of drug-likeness (QED) is 0.844. The van der Waals surface area contributed by atoms with Crippen LogP contribution in [0.5, 0.6) is 5.75 Å². The van der Waals surface area contributed by atoms with Crippen LogP contribution in [-0.4, -0.2) is 38.3 Å². The summed E-state index contributed by atoms with van der Waals surface area (Å²) in [6.45, 7) is -0.923. The number of hydrogen-bond donors (Lipinski definition) is 2. The molecule has 0 saturated carbocycles. The van der Waals surface area contributed by atoms with Crippen LogP contribution in [0.4, 0.5) is 8.78 Å². The summed E-state index contributed by atoms with van der Waals surface area (Å²) in [6, 6.07) is 6.22. The van der Waals surface area contributed by atoms with Crippen molar-refractivity contribution >= 4 is 5.91 Å². The molecule has 1 heterocycles. The third kappa shape index (κ3) is 4.43. The Balaban J connectivity index is 1.85. The maximum atomic E-state index is 12.1. The summed E-state index contributed by atoms with van der Waals surface area (Å²) >= 11 is 0. The SMILES string of the molecule is O=C(NCc1cccc(OC(F)F)c1)C1CNCCO1. The highest BCUT2D eigenvalue weighted by Gasteiger charge is 2.21. The molecule has 1 aliphatic heterocycles. The highest BCUT2D eigenvalue weighted by atomic mass is 19.3. The standard InChI is InChI=1S/C13H16F2N2O3/c14-13(15)20-10-3-1-2-9(6-10)7-17-12(18)11-8-16-4-5-19-11/h1-3,6,11,13,16H,4-5,7-8H2,(H,17,18). The molecule has 0 spiro atoms. The van der Waals surface area contributed by atoms with Gasteiger partial charge in [0.05, 0.1) is 6.61 Å². The van der Waals surface area contributed by atoms with E-state index in [0.29, 0.717) is 18.7 Å². The van der Waals surface area contributed by atoms with Crippen molar-refractivity contribution in [2.24, 2.45) is 0 Å². The van der Waals surface area contributed by atoms with E-state index in [9.17, 15) is 13.6 Å². The van der Waals surface area contributed by atoms with Crippen molar-refractivity contribution < 1.29 is 23.0 Å². The fourth-order valence-electron chi connectivity index (χ4n) is 1.87. The van der Waals surface area contributed by atoms with Crippen LogP contribution in [0.1, 0.15) is 5.56 Å². The summed E-state index contributed by atoms with van der Waals surface area (Å²) in [4.78, 5) is 11.8. The van der Waals surface area contributed by atoms with Crippen molar-refractivity contribution in [3.8, 4) is 5.75 Å². The van der Waals surface area contributed by atoms with Gasteiger partial charge in [-0.2, -0.15) is 8.78 Å². The van der Waals surface area contributed by atoms with Gasteiger partial charge in [-0.1, -0.05) is 12.1 Å². The van der Waals surface area contributed by atoms with Crippen molar-refractivity contribution in [3.63, 3.8) is 0 Å². The molecule has 0 aliphatic carbocycles. The molecule has 1 amide bonds. The molecule has 7 heteroatoms. The lowest BCUT2D eigenvalue weighted by Gasteiger charge is -2.22. The Morgan fingerprint density at radius 1 is 1.55 bits per heavy atom. The van der Waals surface area contributed by atoms with E-state index in [1.807, 2.05) is 0 Å². The minimum absolute atomic E-state index is 0.0716. The third-order valence-electron chi connectivity index (χ3n) is 2.81. The predicted octanol–water partition coefficient (Wildman–Crippen LogP) is 0.893. The first-order valence-electron chi connectivity index (χ1n) is 6.29. The van der Waals surface area contributed by atoms with E-state index >= 15 is 0 Å². The molecule has 110 valence electrons. The van der Waals surface area contributed by atoms with Crippen molar-refractivity contribution in [1.29, 1.82) is 0 Å². The number of carbonyl (C=O) groups excluding carboxylic acids is 1. The molecular formula is C13H16F2N2O3. The Morgan fingerprint density at radius 3 is 3.10 bits per heavy atom. The molecule has 0 aromatic heterocycles. The van der Waals surface area contributed by atoms with Gasteiger partial charge < -0.3 is 20.1 Å². The summed E-state index contributed by atoms with van der Waals surface area (Å²) in [5.41, 5.74) is 0.681. The Labute approximate surface area is 115 Å². The fourth-order valence-corrected chi connectivity index (χ4v) is 1.87. The van der Waals surface area contributed by atoms with E-state index in [4.69, 9.17) is 4.74 Å². The van der Waals surface area contributed by atoms with Crippen LogP contribution in [-0.2, 0) is 16.1 Å². The first-order chi connectivity index (χ1) is 9.65. The van der Waals surface area contributed by atoms with Crippen molar-refractivity contribution in [2.75, 3.05) is 19.7 Å². The van der Waals surface area contributed by atoms with Crippen LogP contribution in [0.25, 0.3) is 0 Å². The number of morpholine rings is 1. The number of halogens is 2. The van der Waals surface area contributed by atoms with E-state index in [2.05, 4.69) is 15.4 Å². The Bertz CT molecular complexity index is 451. The van der Waals surface area contributed by atoms with Crippen LogP contribution in [0.3, 0.4) is 0 Å². The number of nitrogens with one attached hydrogen (secondary N) is 2. The molecule has 2 N–H and O–H groups in total. The van der Waals surface area contributed by atoms with Gasteiger partial charge in [0.25, 0.3) is 5.91 Å². The lowest BCUT2D eigenvalue weighted by molar-refractivity contribution is -0.134. The zero-order valence-electron chi connectivity index (χ0n) is 10.8. The maximum absolute atomic E-state index is 12.1. The molecule has 0 bridgehead atoms. The number of ether oxygens (including phenoxy) is 2. The van der Waals surface area contributed by atoms with E-state index in [-0.39, 0.29) is 18.2 Å². The summed E-state index contributed by atoms with van der Waals surface area (Å²) in [7, 11) is 0. The van der Waals surface area contributed by atoms with Crippen LogP contribution in [0.2, 0.25) is 0 Å². The summed E-state index contributed by atoms with van der Waals surface area (Å²) in [5.74, 6) is -0.153. The van der Waals surface area contributed by atoms with Crippen molar-refractivity contribution in [3.05, 3.63) is 29.8 Å². The molecule has 2 rings (SSSR count). The normalized spacial score (nSPS) is 18.9. The Hall–Kier alpha value is -1.73. The van der Waals surface area contributed by atoms with Crippen molar-refractivity contribution in [2.45, 2.75) is 19.3 Å². The number of rotatable bonds is 5. The van der Waals surface area contributed by atoms with Gasteiger partial charge in [0.1, 0.15) is 11.9 Å². The highest BCUT2D eigenvalue weighted by Crippen LogP contribution is 2.15. The summed E-state index contributed by atoms with van der Waals surface area (Å²) in [6.07, 6.45) is -0.510. The second kappa shape index (κ2) is 7.16. The average molecular weight is 286 g/mol. The van der Waals surface area contributed by atoms with Gasteiger partial charge in [0, 0.05) is 19.6 Å². The predicted molar refractivity (Wildman–Crippen MR) is 67.5 cm³/mol. The van der Waals surface area contributed by atoms with Crippen LogP contribution in [0, 0.1) is 0 Å². The van der Waals surface area contributed by atoms with Crippen LogP contribution >= 0.6 is 0 Å². The second-order valence-electron chi connectivity index (χ2n) is 4.31. The zero-order chi connectivity index (χ0) is 14.4. The van der Waals surface area contributed by atoms with Gasteiger partial charge in [-0.15, -0.1) is 0 Å². The smallest absolute Gasteiger partial charge is 0.387 e. The molecule has 1 unspecified atom stereocenters. The molecule has 5 nitrogen and oxygen atoms in total. The first-order valence-corrected chi connectivity index (χ1v) is 6.29. The minimum Gasteiger partial charge on any atom is -0.435 e. The second-order valence-corrected chi connectivity index (χ2v) is 4.31. The molecular weight excluding hydrogens is 270 g/mol. The van der Waals surface area contributed by atoms with Crippen molar-refractivity contribution in [1.82, 2.24) is 10.6 Å². The highest BCUT2D eigenvalue weighted by molar-refractivity contribution is 5.81. The summed E-state index contributed by atoms with van der Waals surface area (Å²) < 4.78 is 33.8. The molecule has 1 aromatic rings. The van der Waals surface area contributed by atoms with E-state index in [0.717, 1.165) is 6.54 Å². The average Bonchev–Trinajstić information content (AvgIpc) is 2.45. The lowest BCUT2D eigenvalue weighted by Crippen LogP contribution is -2.47. The number of benzene rings is 1. The topological polar surface area (TPSA) is 59.6 Å². The maximum Gasteiger partial charge on any atom is 0.387 e. The number of alkyl halides is 2. The van der Waals surface area contributed by atoms with E-state index in [1.165, 1.54) is 12.1 Å². The van der Waals surface area contributed by atoms with Gasteiger partial charge in [0.2, 0.25) is 0 Å². The summed E-state index contributed by atoms with van der Waals surface area (Å²) in [5, 5.41) is 5.76. The molecule has 0 radical (unpaired) electrons. The number of carbonyl (C=O) groups is 1. The Morgan fingerprint density at radius 2 is 2.40 bits per heavy atom. The zero-order valence-corrected chi connectivity index (χ0v) is 10.8. The Kier molecular flexibility index (Phi) is 5.25. The third-order valence-corrected chi connectivity index (χ3v) is 2.81. The molecule has 1 aromatic carbocycles. The lowest BCUT2D eigenvalue weighted by atomic mass is 10.2.